The predicted octanol–water partition coefficient (Wildman–Crippen LogP) is 2.36. The van der Waals surface area contributed by atoms with Crippen molar-refractivity contribution in [3.8, 4) is 0 Å². The Labute approximate surface area is 70.4 Å². The van der Waals surface area contributed by atoms with E-state index in [0.29, 0.717) is 0 Å². The second kappa shape index (κ2) is 2.66. The first kappa shape index (κ1) is 6.86. The maximum absolute atomic E-state index is 3.59. The van der Waals surface area contributed by atoms with Crippen molar-refractivity contribution in [3.05, 3.63) is 41.1 Å². The van der Waals surface area contributed by atoms with E-state index in [4.69, 9.17) is 0 Å². The number of hydrogen-bond donors (Lipinski definition) is 0. The summed E-state index contributed by atoms with van der Waals surface area (Å²) in [5, 5.41) is 1.37. The molecule has 0 spiro atoms. The van der Waals surface area contributed by atoms with Crippen molar-refractivity contribution in [2.75, 3.05) is 0 Å². The van der Waals surface area contributed by atoms with Gasteiger partial charge in [-0.2, -0.15) is 0 Å². The molecule has 1 aliphatic carbocycles. The lowest BCUT2D eigenvalue weighted by Crippen LogP contribution is -2.02. The molecule has 3 radical (unpaired) electrons. The quantitative estimate of drug-likeness (QED) is 0.549. The zero-order valence-corrected chi connectivity index (χ0v) is 7.30. The van der Waals surface area contributed by atoms with Gasteiger partial charge in [-0.3, -0.25) is 0 Å². The summed E-state index contributed by atoms with van der Waals surface area (Å²) in [7, 11) is 3.59. The van der Waals surface area contributed by atoms with Crippen molar-refractivity contribution in [2.45, 2.75) is 12.8 Å². The van der Waals surface area contributed by atoms with Crippen LogP contribution in [-0.4, -0.2) is 10.2 Å². The molecule has 0 bridgehead atoms. The van der Waals surface area contributed by atoms with Crippen LogP contribution in [0.2, 0.25) is 0 Å². The van der Waals surface area contributed by atoms with Gasteiger partial charge < -0.3 is 0 Å². The molecule has 0 nitrogen and oxygen atoms in total. The number of allylic oxidation sites excluding steroid dienone is 2. The molecule has 1 aromatic carbocycles. The maximum Gasteiger partial charge on any atom is 0.0654 e. The molecule has 0 saturated carbocycles. The molecule has 0 amide bonds. The molecule has 0 unspecified atom stereocenters. The molecule has 53 valence electrons. The third kappa shape index (κ3) is 1.16. The minimum Gasteiger partial charge on any atom is -0.0843 e. The van der Waals surface area contributed by atoms with E-state index in [9.17, 15) is 0 Å². The van der Waals surface area contributed by atoms with Crippen LogP contribution in [0.3, 0.4) is 0 Å². The molecule has 0 aliphatic heterocycles. The van der Waals surface area contributed by atoms with Crippen LogP contribution in [0, 0.1) is 0 Å². The van der Waals surface area contributed by atoms with Crippen LogP contribution >= 0.6 is 0 Å². The zero-order chi connectivity index (χ0) is 7.68. The molecule has 11 heavy (non-hydrogen) atoms. The van der Waals surface area contributed by atoms with Crippen LogP contribution in [0.25, 0.3) is 5.57 Å². The highest BCUT2D eigenvalue weighted by Crippen LogP contribution is 2.33. The Morgan fingerprint density at radius 1 is 1.00 bits per heavy atom. The average Bonchev–Trinajstić information content (AvgIpc) is 2.04. The second-order valence-electron chi connectivity index (χ2n) is 2.82. The van der Waals surface area contributed by atoms with E-state index in [1.54, 1.807) is 0 Å². The summed E-state index contributed by atoms with van der Waals surface area (Å²) < 4.78 is 0. The molecule has 0 aromatic heterocycles. The van der Waals surface area contributed by atoms with Crippen molar-refractivity contribution < 1.29 is 0 Å². The smallest absolute Gasteiger partial charge is 0.0654 e. The minimum atomic E-state index is 1.21. The Morgan fingerprint density at radius 2 is 1.73 bits per heavy atom. The Kier molecular flexibility index (Phi) is 1.66. The molecule has 0 fully saturated rings. The van der Waals surface area contributed by atoms with Gasteiger partial charge in [0.1, 0.15) is 0 Å². The van der Waals surface area contributed by atoms with Crippen LogP contribution in [0.15, 0.2) is 35.5 Å². The molecule has 1 aliphatic rings. The van der Waals surface area contributed by atoms with Gasteiger partial charge in [0.15, 0.2) is 0 Å². The molecule has 2 rings (SSSR count). The van der Waals surface area contributed by atoms with Crippen molar-refractivity contribution >= 4 is 15.8 Å². The third-order valence-electron chi connectivity index (χ3n) is 2.11. The van der Waals surface area contributed by atoms with Crippen LogP contribution < -0.4 is 0 Å². The normalized spacial score (nSPS) is 16.5. The van der Waals surface area contributed by atoms with E-state index in [2.05, 4.69) is 40.6 Å². The van der Waals surface area contributed by atoms with Crippen molar-refractivity contribution in [3.63, 3.8) is 0 Å². The highest BCUT2D eigenvalue weighted by atomic mass is 28.1. The largest absolute Gasteiger partial charge is 0.0843 e. The fraction of sp³-hybridized carbons (Fsp3) is 0.200. The maximum atomic E-state index is 3.59. The lowest BCUT2D eigenvalue weighted by Gasteiger charge is -2.20. The molecule has 0 heterocycles. The molecule has 0 atom stereocenters. The average molecular weight is 157 g/mol. The van der Waals surface area contributed by atoms with Gasteiger partial charge in [-0.1, -0.05) is 35.5 Å². The topological polar surface area (TPSA) is 0 Å². The van der Waals surface area contributed by atoms with E-state index in [1.807, 2.05) is 0 Å². The monoisotopic (exact) mass is 157 g/mol. The van der Waals surface area contributed by atoms with Crippen molar-refractivity contribution in [2.24, 2.45) is 0 Å². The fourth-order valence-electron chi connectivity index (χ4n) is 1.33. The van der Waals surface area contributed by atoms with Gasteiger partial charge >= 0.3 is 0 Å². The van der Waals surface area contributed by atoms with Crippen molar-refractivity contribution in [1.82, 2.24) is 0 Å². The standard InChI is InChI=1S/C10H9Si/c11-10-7-6-9(10)8-4-2-1-3-5-8/h1-5H,6-7H2. The van der Waals surface area contributed by atoms with E-state index < -0.39 is 0 Å². The fourth-order valence-corrected chi connectivity index (χ4v) is 1.73. The second-order valence-corrected chi connectivity index (χ2v) is 3.43. The highest BCUT2D eigenvalue weighted by Gasteiger charge is 2.13. The summed E-state index contributed by atoms with van der Waals surface area (Å²) in [5.74, 6) is 0. The van der Waals surface area contributed by atoms with E-state index in [1.165, 1.54) is 29.2 Å². The van der Waals surface area contributed by atoms with Gasteiger partial charge in [0.25, 0.3) is 0 Å². The first-order valence-corrected chi connectivity index (χ1v) is 4.37. The molecule has 1 heteroatoms. The van der Waals surface area contributed by atoms with Crippen molar-refractivity contribution in [1.29, 1.82) is 0 Å². The number of rotatable bonds is 1. The number of hydrogen-bond acceptors (Lipinski definition) is 0. The van der Waals surface area contributed by atoms with E-state index in [-0.39, 0.29) is 0 Å². The lowest BCUT2D eigenvalue weighted by atomic mass is 9.91. The predicted molar refractivity (Wildman–Crippen MR) is 48.4 cm³/mol. The summed E-state index contributed by atoms with van der Waals surface area (Å²) in [6.45, 7) is 0. The molecule has 0 saturated heterocycles. The number of benzene rings is 1. The van der Waals surface area contributed by atoms with Crippen LogP contribution in [0.1, 0.15) is 18.4 Å². The minimum absolute atomic E-state index is 1.21. The summed E-state index contributed by atoms with van der Waals surface area (Å²) >= 11 is 0. The van der Waals surface area contributed by atoms with Gasteiger partial charge in [0.05, 0.1) is 10.2 Å². The summed E-state index contributed by atoms with van der Waals surface area (Å²) in [4.78, 5) is 0. The van der Waals surface area contributed by atoms with Crippen LogP contribution in [-0.2, 0) is 0 Å². The Hall–Kier alpha value is -0.823. The Bertz CT molecular complexity index is 285. The molecule has 0 N–H and O–H groups in total. The van der Waals surface area contributed by atoms with E-state index >= 15 is 0 Å². The van der Waals surface area contributed by atoms with Gasteiger partial charge in [0.2, 0.25) is 0 Å². The summed E-state index contributed by atoms with van der Waals surface area (Å²) in [6, 6.07) is 10.5. The first-order chi connectivity index (χ1) is 5.38. The molecule has 1 aromatic rings. The molecular formula is C10H9Si. The van der Waals surface area contributed by atoms with E-state index in [0.717, 1.165) is 0 Å². The van der Waals surface area contributed by atoms with Gasteiger partial charge in [-0.15, -0.1) is 0 Å². The summed E-state index contributed by atoms with van der Waals surface area (Å²) in [6.07, 6.45) is 2.43. The third-order valence-corrected chi connectivity index (χ3v) is 2.66. The highest BCUT2D eigenvalue weighted by molar-refractivity contribution is 6.26. The molecular weight excluding hydrogens is 148 g/mol. The lowest BCUT2D eigenvalue weighted by molar-refractivity contribution is 0.964. The zero-order valence-electron chi connectivity index (χ0n) is 6.30. The van der Waals surface area contributed by atoms with Gasteiger partial charge in [-0.25, -0.2) is 0 Å². The van der Waals surface area contributed by atoms with Gasteiger partial charge in [-0.05, 0) is 24.0 Å². The summed E-state index contributed by atoms with van der Waals surface area (Å²) in [5.41, 5.74) is 2.84. The first-order valence-electron chi connectivity index (χ1n) is 3.87. The SMILES string of the molecule is [Si]C1=C(c2ccccc2)CC1. The van der Waals surface area contributed by atoms with Gasteiger partial charge in [0, 0.05) is 0 Å². The van der Waals surface area contributed by atoms with Crippen LogP contribution in [0.4, 0.5) is 0 Å². The Balaban J connectivity index is 2.38. The Morgan fingerprint density at radius 3 is 2.18 bits per heavy atom. The van der Waals surface area contributed by atoms with Crippen LogP contribution in [0.5, 0.6) is 0 Å².